The Morgan fingerprint density at radius 3 is 2.43 bits per heavy atom. The van der Waals surface area contributed by atoms with Crippen LogP contribution in [0.5, 0.6) is 0 Å². The molecule has 30 heavy (non-hydrogen) atoms. The molecule has 1 amide bonds. The summed E-state index contributed by atoms with van der Waals surface area (Å²) >= 11 is 6.35. The number of hydrogen-bond donors (Lipinski definition) is 1. The van der Waals surface area contributed by atoms with Gasteiger partial charge in [-0.05, 0) is 60.7 Å². The molecule has 0 aromatic heterocycles. The molecule has 1 N–H and O–H groups in total. The largest absolute Gasteiger partial charge is 0.372 e. The number of nitrogens with one attached hydrogen (secondary N) is 1. The molecule has 0 unspecified atom stereocenters. The van der Waals surface area contributed by atoms with Crippen molar-refractivity contribution in [1.29, 1.82) is 5.26 Å². The van der Waals surface area contributed by atoms with Crippen LogP contribution in [0.1, 0.15) is 35.2 Å². The number of hydrogen-bond acceptors (Lipinski definition) is 3. The third kappa shape index (κ3) is 4.32. The van der Waals surface area contributed by atoms with E-state index in [1.54, 1.807) is 12.1 Å². The monoisotopic (exact) mass is 415 g/mol. The molecule has 1 heterocycles. The summed E-state index contributed by atoms with van der Waals surface area (Å²) in [6.07, 6.45) is 3.55. The third-order valence-electron chi connectivity index (χ3n) is 5.41. The second-order valence-electron chi connectivity index (χ2n) is 7.40. The van der Waals surface area contributed by atoms with Gasteiger partial charge < -0.3 is 10.2 Å². The minimum atomic E-state index is -0.319. The number of amides is 1. The van der Waals surface area contributed by atoms with Crippen molar-refractivity contribution in [3.63, 3.8) is 0 Å². The second kappa shape index (κ2) is 9.02. The molecule has 0 radical (unpaired) electrons. The zero-order valence-corrected chi connectivity index (χ0v) is 17.3. The van der Waals surface area contributed by atoms with Crippen molar-refractivity contribution in [2.24, 2.45) is 0 Å². The van der Waals surface area contributed by atoms with Gasteiger partial charge in [-0.2, -0.15) is 5.26 Å². The minimum absolute atomic E-state index is 0.319. The normalized spacial score (nSPS) is 13.5. The summed E-state index contributed by atoms with van der Waals surface area (Å²) in [6.45, 7) is 1.97. The van der Waals surface area contributed by atoms with Crippen LogP contribution in [-0.4, -0.2) is 19.0 Å². The van der Waals surface area contributed by atoms with Gasteiger partial charge in [0.1, 0.15) is 6.07 Å². The Hall–Kier alpha value is -3.29. The van der Waals surface area contributed by atoms with Gasteiger partial charge in [-0.3, -0.25) is 4.79 Å². The minimum Gasteiger partial charge on any atom is -0.372 e. The fraction of sp³-hybridized carbons (Fsp3) is 0.200. The maximum Gasteiger partial charge on any atom is 0.257 e. The van der Waals surface area contributed by atoms with E-state index in [-0.39, 0.29) is 5.91 Å². The molecule has 150 valence electrons. The van der Waals surface area contributed by atoms with Crippen LogP contribution < -0.4 is 10.2 Å². The molecule has 0 aliphatic carbocycles. The summed E-state index contributed by atoms with van der Waals surface area (Å²) in [5, 5.41) is 12.8. The van der Waals surface area contributed by atoms with Crippen molar-refractivity contribution < 1.29 is 4.79 Å². The van der Waals surface area contributed by atoms with E-state index >= 15 is 0 Å². The van der Waals surface area contributed by atoms with E-state index in [2.05, 4.69) is 16.3 Å². The van der Waals surface area contributed by atoms with Crippen LogP contribution in [0.3, 0.4) is 0 Å². The number of nitriles is 1. The molecule has 0 atom stereocenters. The number of benzene rings is 3. The van der Waals surface area contributed by atoms with Crippen molar-refractivity contribution in [2.75, 3.05) is 23.3 Å². The van der Waals surface area contributed by atoms with Gasteiger partial charge in [-0.25, -0.2) is 0 Å². The summed E-state index contributed by atoms with van der Waals surface area (Å²) < 4.78 is 0. The average molecular weight is 416 g/mol. The van der Waals surface area contributed by atoms with Crippen molar-refractivity contribution in [3.8, 4) is 17.2 Å². The smallest absolute Gasteiger partial charge is 0.257 e. The van der Waals surface area contributed by atoms with Crippen LogP contribution in [-0.2, 0) is 0 Å². The van der Waals surface area contributed by atoms with Gasteiger partial charge in [0.25, 0.3) is 5.91 Å². The van der Waals surface area contributed by atoms with E-state index in [0.29, 0.717) is 21.8 Å². The summed E-state index contributed by atoms with van der Waals surface area (Å²) in [6, 6.07) is 23.0. The van der Waals surface area contributed by atoms with E-state index in [4.69, 9.17) is 11.6 Å². The van der Waals surface area contributed by atoms with Crippen LogP contribution in [0.4, 0.5) is 11.4 Å². The summed E-state index contributed by atoms with van der Waals surface area (Å²) in [5.74, 6) is -0.319. The van der Waals surface area contributed by atoms with E-state index in [0.717, 1.165) is 42.7 Å². The molecule has 4 nitrogen and oxygen atoms in total. The highest BCUT2D eigenvalue weighted by molar-refractivity contribution is 6.34. The molecule has 3 aromatic carbocycles. The number of nitrogens with zero attached hydrogens (tertiary/aromatic N) is 2. The van der Waals surface area contributed by atoms with Crippen molar-refractivity contribution >= 4 is 28.9 Å². The highest BCUT2D eigenvalue weighted by Gasteiger charge is 2.17. The first kappa shape index (κ1) is 20.0. The topological polar surface area (TPSA) is 56.1 Å². The summed E-state index contributed by atoms with van der Waals surface area (Å²) in [4.78, 5) is 15.3. The highest BCUT2D eigenvalue weighted by atomic mass is 35.5. The standard InChI is InChI=1S/C25H22ClN3O/c26-23-12-11-21(29-13-5-2-6-14-29)16-22(23)25(30)28-24-15-19(9-10-20(24)17-27)18-7-3-1-4-8-18/h1,3-4,7-12,15-16H,2,5-6,13-14H2,(H,28,30). The molecule has 3 aromatic rings. The lowest BCUT2D eigenvalue weighted by Crippen LogP contribution is -2.29. The van der Waals surface area contributed by atoms with Gasteiger partial charge in [0.2, 0.25) is 0 Å². The predicted molar refractivity (Wildman–Crippen MR) is 122 cm³/mol. The lowest BCUT2D eigenvalue weighted by molar-refractivity contribution is 0.102. The first-order chi connectivity index (χ1) is 14.7. The van der Waals surface area contributed by atoms with Crippen LogP contribution >= 0.6 is 11.6 Å². The Morgan fingerprint density at radius 2 is 1.70 bits per heavy atom. The SMILES string of the molecule is N#Cc1ccc(-c2ccccc2)cc1NC(=O)c1cc(N2CCCCC2)ccc1Cl. The van der Waals surface area contributed by atoms with Gasteiger partial charge in [0, 0.05) is 18.8 Å². The predicted octanol–water partition coefficient (Wildman–Crippen LogP) is 6.12. The second-order valence-corrected chi connectivity index (χ2v) is 7.81. The summed E-state index contributed by atoms with van der Waals surface area (Å²) in [7, 11) is 0. The molecule has 1 aliphatic heterocycles. The van der Waals surface area contributed by atoms with Gasteiger partial charge in [-0.15, -0.1) is 0 Å². The Balaban J connectivity index is 1.63. The maximum absolute atomic E-state index is 13.1. The van der Waals surface area contributed by atoms with Crippen molar-refractivity contribution in [2.45, 2.75) is 19.3 Å². The van der Waals surface area contributed by atoms with E-state index in [1.807, 2.05) is 54.6 Å². The molecular formula is C25H22ClN3O. The fourth-order valence-electron chi connectivity index (χ4n) is 3.78. The van der Waals surface area contributed by atoms with Gasteiger partial charge in [0.15, 0.2) is 0 Å². The molecule has 0 spiro atoms. The Morgan fingerprint density at radius 1 is 0.933 bits per heavy atom. The number of piperidine rings is 1. The average Bonchev–Trinajstić information content (AvgIpc) is 2.80. The van der Waals surface area contributed by atoms with Crippen LogP contribution in [0.2, 0.25) is 5.02 Å². The number of rotatable bonds is 4. The molecule has 4 rings (SSSR count). The fourth-order valence-corrected chi connectivity index (χ4v) is 3.98. The van der Waals surface area contributed by atoms with Gasteiger partial charge >= 0.3 is 0 Å². The van der Waals surface area contributed by atoms with Crippen LogP contribution in [0.15, 0.2) is 66.7 Å². The quantitative estimate of drug-likeness (QED) is 0.558. The highest BCUT2D eigenvalue weighted by Crippen LogP contribution is 2.29. The Kier molecular flexibility index (Phi) is 6.02. The van der Waals surface area contributed by atoms with E-state index < -0.39 is 0 Å². The molecule has 0 saturated carbocycles. The van der Waals surface area contributed by atoms with E-state index in [1.165, 1.54) is 6.42 Å². The van der Waals surface area contributed by atoms with Crippen molar-refractivity contribution in [3.05, 3.63) is 82.9 Å². The lowest BCUT2D eigenvalue weighted by atomic mass is 10.0. The maximum atomic E-state index is 13.1. The molecule has 1 saturated heterocycles. The van der Waals surface area contributed by atoms with E-state index in [9.17, 15) is 10.1 Å². The number of carbonyl (C=O) groups is 1. The molecular weight excluding hydrogens is 394 g/mol. The Bertz CT molecular complexity index is 1100. The molecule has 1 aliphatic rings. The molecule has 0 bridgehead atoms. The first-order valence-electron chi connectivity index (χ1n) is 10.1. The van der Waals surface area contributed by atoms with Crippen LogP contribution in [0.25, 0.3) is 11.1 Å². The van der Waals surface area contributed by atoms with Gasteiger partial charge in [-0.1, -0.05) is 48.0 Å². The molecule has 5 heteroatoms. The zero-order valence-electron chi connectivity index (χ0n) is 16.6. The third-order valence-corrected chi connectivity index (χ3v) is 5.74. The number of halogens is 1. The van der Waals surface area contributed by atoms with Crippen LogP contribution in [0, 0.1) is 11.3 Å². The zero-order chi connectivity index (χ0) is 20.9. The number of anilines is 2. The molecule has 1 fully saturated rings. The van der Waals surface area contributed by atoms with Crippen molar-refractivity contribution in [1.82, 2.24) is 0 Å². The Labute approximate surface area is 181 Å². The number of carbonyl (C=O) groups excluding carboxylic acids is 1. The first-order valence-corrected chi connectivity index (χ1v) is 10.5. The summed E-state index contributed by atoms with van der Waals surface area (Å²) in [5.41, 5.74) is 4.24. The van der Waals surface area contributed by atoms with Gasteiger partial charge in [0.05, 0.1) is 21.8 Å². The lowest BCUT2D eigenvalue weighted by Gasteiger charge is -2.29.